The van der Waals surface area contributed by atoms with Gasteiger partial charge in [-0.2, -0.15) is 0 Å². The number of benzene rings is 3. The van der Waals surface area contributed by atoms with Crippen LogP contribution in [0.25, 0.3) is 16.6 Å². The van der Waals surface area contributed by atoms with Gasteiger partial charge in [0, 0.05) is 22.4 Å². The van der Waals surface area contributed by atoms with E-state index in [0.717, 1.165) is 16.6 Å². The molecule has 4 rings (SSSR count). The van der Waals surface area contributed by atoms with Crippen LogP contribution in [-0.4, -0.2) is 31.6 Å². The number of sulfone groups is 1. The molecule has 0 radical (unpaired) electrons. The number of hydrogen-bond donors (Lipinski definition) is 1. The summed E-state index contributed by atoms with van der Waals surface area (Å²) >= 11 is 6.10. The SMILES string of the molecule is COc1ccc2c(c1)c(Nc1cccc(Cl)c1)nn2-c1cccc(S(C)(=O)=O)c1. The van der Waals surface area contributed by atoms with Crippen LogP contribution in [0.3, 0.4) is 0 Å². The second-order valence-corrected chi connectivity index (χ2v) is 9.00. The molecule has 0 fully saturated rings. The summed E-state index contributed by atoms with van der Waals surface area (Å²) < 4.78 is 31.0. The molecule has 0 saturated carbocycles. The van der Waals surface area contributed by atoms with E-state index in [-0.39, 0.29) is 4.90 Å². The van der Waals surface area contributed by atoms with Crippen LogP contribution in [0.2, 0.25) is 5.02 Å². The third-order valence-corrected chi connectivity index (χ3v) is 5.81. The first kappa shape index (κ1) is 19.3. The average Bonchev–Trinajstić information content (AvgIpc) is 3.05. The predicted molar refractivity (Wildman–Crippen MR) is 115 cm³/mol. The molecule has 0 unspecified atom stereocenters. The summed E-state index contributed by atoms with van der Waals surface area (Å²) in [7, 11) is -1.73. The lowest BCUT2D eigenvalue weighted by Crippen LogP contribution is -2.01. The Kier molecular flexibility index (Phi) is 4.94. The van der Waals surface area contributed by atoms with E-state index in [2.05, 4.69) is 5.32 Å². The number of hydrogen-bond acceptors (Lipinski definition) is 5. The maximum Gasteiger partial charge on any atom is 0.175 e. The largest absolute Gasteiger partial charge is 0.497 e. The number of methoxy groups -OCH3 is 1. The van der Waals surface area contributed by atoms with Gasteiger partial charge in [-0.05, 0) is 54.6 Å². The summed E-state index contributed by atoms with van der Waals surface area (Å²) in [6.07, 6.45) is 1.18. The molecule has 8 heteroatoms. The zero-order chi connectivity index (χ0) is 20.6. The van der Waals surface area contributed by atoms with Crippen molar-refractivity contribution in [3.8, 4) is 11.4 Å². The van der Waals surface area contributed by atoms with E-state index in [1.807, 2.05) is 36.4 Å². The van der Waals surface area contributed by atoms with Crippen LogP contribution in [-0.2, 0) is 9.84 Å². The van der Waals surface area contributed by atoms with E-state index in [1.54, 1.807) is 42.1 Å². The van der Waals surface area contributed by atoms with Crippen molar-refractivity contribution < 1.29 is 13.2 Å². The Morgan fingerprint density at radius 2 is 1.83 bits per heavy atom. The van der Waals surface area contributed by atoms with Crippen LogP contribution in [0.5, 0.6) is 5.75 Å². The Hall–Kier alpha value is -3.03. The van der Waals surface area contributed by atoms with Crippen molar-refractivity contribution in [3.05, 3.63) is 71.8 Å². The highest BCUT2D eigenvalue weighted by Crippen LogP contribution is 2.32. The number of anilines is 2. The molecule has 3 aromatic carbocycles. The van der Waals surface area contributed by atoms with E-state index in [1.165, 1.54) is 6.26 Å². The second-order valence-electron chi connectivity index (χ2n) is 6.55. The minimum atomic E-state index is -3.34. The quantitative estimate of drug-likeness (QED) is 0.493. The van der Waals surface area contributed by atoms with Crippen LogP contribution in [0.4, 0.5) is 11.5 Å². The molecule has 0 atom stereocenters. The van der Waals surface area contributed by atoms with Crippen molar-refractivity contribution in [1.82, 2.24) is 9.78 Å². The first-order valence-corrected chi connectivity index (χ1v) is 11.0. The molecule has 4 aromatic rings. The standard InChI is InChI=1S/C21H18ClN3O3S/c1-28-17-9-10-20-19(13-17)21(23-15-6-3-5-14(22)11-15)24-25(20)16-7-4-8-18(12-16)29(2,26)27/h3-13H,1-2H3,(H,23,24). The van der Waals surface area contributed by atoms with Crippen molar-refractivity contribution in [2.75, 3.05) is 18.7 Å². The van der Waals surface area contributed by atoms with Gasteiger partial charge in [-0.1, -0.05) is 23.7 Å². The molecule has 1 heterocycles. The van der Waals surface area contributed by atoms with Gasteiger partial charge < -0.3 is 10.1 Å². The van der Waals surface area contributed by atoms with Crippen LogP contribution in [0.1, 0.15) is 0 Å². The van der Waals surface area contributed by atoms with Crippen molar-refractivity contribution in [3.63, 3.8) is 0 Å². The molecule has 0 aliphatic heterocycles. The van der Waals surface area contributed by atoms with Gasteiger partial charge in [-0.15, -0.1) is 5.10 Å². The number of aromatic nitrogens is 2. The lowest BCUT2D eigenvalue weighted by Gasteiger charge is -2.06. The lowest BCUT2D eigenvalue weighted by atomic mass is 10.2. The summed E-state index contributed by atoms with van der Waals surface area (Å²) in [6.45, 7) is 0. The van der Waals surface area contributed by atoms with E-state index in [9.17, 15) is 8.42 Å². The van der Waals surface area contributed by atoms with Gasteiger partial charge in [0.2, 0.25) is 0 Å². The minimum Gasteiger partial charge on any atom is -0.497 e. The van der Waals surface area contributed by atoms with Gasteiger partial charge in [0.25, 0.3) is 0 Å². The first-order valence-electron chi connectivity index (χ1n) is 8.75. The third-order valence-electron chi connectivity index (χ3n) is 4.46. The fourth-order valence-electron chi connectivity index (χ4n) is 3.06. The fourth-order valence-corrected chi connectivity index (χ4v) is 3.91. The summed E-state index contributed by atoms with van der Waals surface area (Å²) in [5.41, 5.74) is 2.24. The van der Waals surface area contributed by atoms with E-state index in [0.29, 0.717) is 22.3 Å². The molecule has 6 nitrogen and oxygen atoms in total. The van der Waals surface area contributed by atoms with Gasteiger partial charge in [-0.25, -0.2) is 13.1 Å². The van der Waals surface area contributed by atoms with E-state index in [4.69, 9.17) is 21.4 Å². The predicted octanol–water partition coefficient (Wildman–Crippen LogP) is 4.83. The highest BCUT2D eigenvalue weighted by atomic mass is 35.5. The summed E-state index contributed by atoms with van der Waals surface area (Å²) in [5, 5.41) is 9.42. The molecule has 148 valence electrons. The van der Waals surface area contributed by atoms with Crippen molar-refractivity contribution >= 4 is 43.8 Å². The Balaban J connectivity index is 1.89. The fraction of sp³-hybridized carbons (Fsp3) is 0.0952. The number of rotatable bonds is 5. The number of nitrogens with one attached hydrogen (secondary N) is 1. The maximum absolute atomic E-state index is 12.0. The molecule has 0 aliphatic rings. The van der Waals surface area contributed by atoms with Crippen molar-refractivity contribution in [2.24, 2.45) is 0 Å². The Morgan fingerprint density at radius 1 is 1.03 bits per heavy atom. The summed E-state index contributed by atoms with van der Waals surface area (Å²) in [4.78, 5) is 0.233. The molecule has 0 amide bonds. The van der Waals surface area contributed by atoms with Crippen LogP contribution < -0.4 is 10.1 Å². The highest BCUT2D eigenvalue weighted by molar-refractivity contribution is 7.90. The third kappa shape index (κ3) is 3.92. The smallest absolute Gasteiger partial charge is 0.175 e. The number of halogens is 1. The highest BCUT2D eigenvalue weighted by Gasteiger charge is 2.15. The van der Waals surface area contributed by atoms with Gasteiger partial charge in [0.05, 0.1) is 23.2 Å². The molecule has 0 spiro atoms. The topological polar surface area (TPSA) is 73.2 Å². The zero-order valence-electron chi connectivity index (χ0n) is 15.8. The summed E-state index contributed by atoms with van der Waals surface area (Å²) in [5.74, 6) is 1.29. The maximum atomic E-state index is 12.0. The van der Waals surface area contributed by atoms with E-state index < -0.39 is 9.84 Å². The molecule has 0 bridgehead atoms. The number of ether oxygens (including phenoxy) is 1. The van der Waals surface area contributed by atoms with Gasteiger partial charge in [0.1, 0.15) is 5.75 Å². The molecule has 1 N–H and O–H groups in total. The number of fused-ring (bicyclic) bond motifs is 1. The van der Waals surface area contributed by atoms with Crippen molar-refractivity contribution in [1.29, 1.82) is 0 Å². The lowest BCUT2D eigenvalue weighted by molar-refractivity contribution is 0.415. The van der Waals surface area contributed by atoms with Gasteiger partial charge in [0.15, 0.2) is 15.7 Å². The molecule has 1 aromatic heterocycles. The Morgan fingerprint density at radius 3 is 2.55 bits per heavy atom. The molecule has 29 heavy (non-hydrogen) atoms. The van der Waals surface area contributed by atoms with E-state index >= 15 is 0 Å². The molecular weight excluding hydrogens is 410 g/mol. The second kappa shape index (κ2) is 7.42. The Labute approximate surface area is 173 Å². The van der Waals surface area contributed by atoms with Crippen molar-refractivity contribution in [2.45, 2.75) is 4.90 Å². The number of nitrogens with zero attached hydrogens (tertiary/aromatic N) is 2. The first-order chi connectivity index (χ1) is 13.8. The Bertz CT molecular complexity index is 1320. The molecule has 0 saturated heterocycles. The van der Waals surface area contributed by atoms with Gasteiger partial charge in [-0.3, -0.25) is 0 Å². The molecular formula is C21H18ClN3O3S. The minimum absolute atomic E-state index is 0.233. The zero-order valence-corrected chi connectivity index (χ0v) is 17.3. The monoisotopic (exact) mass is 427 g/mol. The van der Waals surface area contributed by atoms with Crippen LogP contribution >= 0.6 is 11.6 Å². The molecule has 0 aliphatic carbocycles. The van der Waals surface area contributed by atoms with Crippen LogP contribution in [0.15, 0.2) is 71.6 Å². The average molecular weight is 428 g/mol. The summed E-state index contributed by atoms with van der Waals surface area (Å²) in [6, 6.07) is 19.6. The van der Waals surface area contributed by atoms with Gasteiger partial charge >= 0.3 is 0 Å². The normalized spacial score (nSPS) is 11.6. The van der Waals surface area contributed by atoms with Crippen LogP contribution in [0, 0.1) is 0 Å².